The van der Waals surface area contributed by atoms with Crippen molar-refractivity contribution in [3.05, 3.63) is 40.7 Å². The Morgan fingerprint density at radius 1 is 1.47 bits per heavy atom. The van der Waals surface area contributed by atoms with Crippen molar-refractivity contribution in [3.63, 3.8) is 0 Å². The number of rotatable bonds is 6. The van der Waals surface area contributed by atoms with E-state index in [9.17, 15) is 4.39 Å². The molecule has 0 saturated heterocycles. The van der Waals surface area contributed by atoms with Gasteiger partial charge in [-0.25, -0.2) is 9.37 Å². The fourth-order valence-electron chi connectivity index (χ4n) is 1.71. The van der Waals surface area contributed by atoms with Gasteiger partial charge in [-0.2, -0.15) is 0 Å². The Bertz CT molecular complexity index is 544. The lowest BCUT2D eigenvalue weighted by atomic mass is 10.1. The van der Waals surface area contributed by atoms with Gasteiger partial charge < -0.3 is 15.8 Å². The summed E-state index contributed by atoms with van der Waals surface area (Å²) < 4.78 is 18.3. The van der Waals surface area contributed by atoms with E-state index < -0.39 is 0 Å². The molecule has 4 nitrogen and oxygen atoms in total. The number of nitrogens with zero attached hydrogens (tertiary/aromatic N) is 1. The van der Waals surface area contributed by atoms with E-state index in [1.807, 2.05) is 6.07 Å². The largest absolute Gasteiger partial charge is 0.494 e. The average Bonchev–Trinajstić information content (AvgIpc) is 2.81. The molecule has 0 aliphatic carbocycles. The maximum Gasteiger partial charge on any atom is 0.180 e. The lowest BCUT2D eigenvalue weighted by molar-refractivity contribution is 0.386. The Hall–Kier alpha value is -1.66. The quantitative estimate of drug-likeness (QED) is 0.797. The Kier molecular flexibility index (Phi) is 4.70. The van der Waals surface area contributed by atoms with Gasteiger partial charge in [0, 0.05) is 17.6 Å². The van der Waals surface area contributed by atoms with Gasteiger partial charge in [-0.05, 0) is 30.7 Å². The number of ether oxygens (including phenoxy) is 1. The number of benzene rings is 1. The van der Waals surface area contributed by atoms with Crippen LogP contribution in [0.4, 0.5) is 9.52 Å². The van der Waals surface area contributed by atoms with Gasteiger partial charge in [-0.1, -0.05) is 6.07 Å². The molecule has 1 aromatic carbocycles. The molecule has 1 heterocycles. The maximum absolute atomic E-state index is 13.5. The first kappa shape index (κ1) is 13.8. The van der Waals surface area contributed by atoms with Crippen LogP contribution in [0.15, 0.2) is 24.4 Å². The smallest absolute Gasteiger partial charge is 0.180 e. The van der Waals surface area contributed by atoms with Crippen LogP contribution in [0.5, 0.6) is 5.75 Å². The standard InChI is InChI=1S/C13H16FN3OS/c1-18-12-3-2-9(6-11(12)14)4-5-16-7-10-8-17-13(15)19-10/h2-3,6,8,16H,4-5,7H2,1H3,(H2,15,17). The third kappa shape index (κ3) is 3.90. The van der Waals surface area contributed by atoms with Gasteiger partial charge in [0.15, 0.2) is 16.7 Å². The molecule has 0 aliphatic heterocycles. The Balaban J connectivity index is 1.78. The predicted molar refractivity (Wildman–Crippen MR) is 74.9 cm³/mol. The summed E-state index contributed by atoms with van der Waals surface area (Å²) in [5.41, 5.74) is 6.48. The summed E-state index contributed by atoms with van der Waals surface area (Å²) in [6.45, 7) is 1.50. The van der Waals surface area contributed by atoms with Crippen LogP contribution in [0.25, 0.3) is 0 Å². The number of thiazole rings is 1. The first-order valence-electron chi connectivity index (χ1n) is 5.92. The third-order valence-electron chi connectivity index (χ3n) is 2.68. The molecule has 3 N–H and O–H groups in total. The monoisotopic (exact) mass is 281 g/mol. The molecule has 2 rings (SSSR count). The van der Waals surface area contributed by atoms with E-state index in [1.54, 1.807) is 12.3 Å². The van der Waals surface area contributed by atoms with Crippen molar-refractivity contribution in [2.45, 2.75) is 13.0 Å². The van der Waals surface area contributed by atoms with E-state index in [2.05, 4.69) is 10.3 Å². The van der Waals surface area contributed by atoms with Crippen LogP contribution in [0.3, 0.4) is 0 Å². The van der Waals surface area contributed by atoms with Crippen LogP contribution in [0.2, 0.25) is 0 Å². The van der Waals surface area contributed by atoms with E-state index >= 15 is 0 Å². The minimum absolute atomic E-state index is 0.275. The number of anilines is 1. The second-order valence-corrected chi connectivity index (χ2v) is 5.21. The summed E-state index contributed by atoms with van der Waals surface area (Å²) in [4.78, 5) is 5.07. The summed E-state index contributed by atoms with van der Waals surface area (Å²) in [6, 6.07) is 5.02. The van der Waals surface area contributed by atoms with E-state index in [0.717, 1.165) is 30.0 Å². The number of nitrogen functional groups attached to an aromatic ring is 1. The van der Waals surface area contributed by atoms with Crippen LogP contribution in [-0.4, -0.2) is 18.6 Å². The van der Waals surface area contributed by atoms with Gasteiger partial charge in [0.2, 0.25) is 0 Å². The van der Waals surface area contributed by atoms with Crippen molar-refractivity contribution in [2.75, 3.05) is 19.4 Å². The van der Waals surface area contributed by atoms with Crippen LogP contribution in [-0.2, 0) is 13.0 Å². The Morgan fingerprint density at radius 2 is 2.32 bits per heavy atom. The molecule has 1 aromatic heterocycles. The highest BCUT2D eigenvalue weighted by atomic mass is 32.1. The van der Waals surface area contributed by atoms with Gasteiger partial charge in [-0.15, -0.1) is 11.3 Å². The minimum Gasteiger partial charge on any atom is -0.494 e. The molecule has 0 amide bonds. The molecule has 6 heteroatoms. The van der Waals surface area contributed by atoms with Crippen LogP contribution < -0.4 is 15.8 Å². The summed E-state index contributed by atoms with van der Waals surface area (Å²) in [5.74, 6) is -0.0490. The van der Waals surface area contributed by atoms with Crippen molar-refractivity contribution in [3.8, 4) is 5.75 Å². The fourth-order valence-corrected chi connectivity index (χ4v) is 2.37. The lowest BCUT2D eigenvalue weighted by Crippen LogP contribution is -2.16. The average molecular weight is 281 g/mol. The summed E-state index contributed by atoms with van der Waals surface area (Å²) in [6.07, 6.45) is 2.52. The normalized spacial score (nSPS) is 10.6. The number of nitrogens with two attached hydrogens (primary N) is 1. The zero-order valence-electron chi connectivity index (χ0n) is 10.6. The third-order valence-corrected chi connectivity index (χ3v) is 3.50. The predicted octanol–water partition coefficient (Wildman–Crippen LogP) is 2.21. The summed E-state index contributed by atoms with van der Waals surface area (Å²) in [5, 5.41) is 3.85. The number of nitrogens with one attached hydrogen (secondary N) is 1. The van der Waals surface area contributed by atoms with Crippen LogP contribution >= 0.6 is 11.3 Å². The van der Waals surface area contributed by atoms with E-state index in [1.165, 1.54) is 24.5 Å². The van der Waals surface area contributed by atoms with Gasteiger partial charge in [0.1, 0.15) is 0 Å². The molecule has 0 bridgehead atoms. The molecule has 0 aliphatic rings. The van der Waals surface area contributed by atoms with E-state index in [4.69, 9.17) is 10.5 Å². The number of aromatic nitrogens is 1. The molecule has 0 spiro atoms. The molecule has 0 radical (unpaired) electrons. The van der Waals surface area contributed by atoms with Crippen molar-refractivity contribution < 1.29 is 9.13 Å². The Morgan fingerprint density at radius 3 is 2.95 bits per heavy atom. The fraction of sp³-hybridized carbons (Fsp3) is 0.308. The van der Waals surface area contributed by atoms with Crippen molar-refractivity contribution in [1.82, 2.24) is 10.3 Å². The molecule has 102 valence electrons. The molecular weight excluding hydrogens is 265 g/mol. The molecule has 0 saturated carbocycles. The lowest BCUT2D eigenvalue weighted by Gasteiger charge is -2.06. The number of methoxy groups -OCH3 is 1. The van der Waals surface area contributed by atoms with E-state index in [0.29, 0.717) is 5.13 Å². The van der Waals surface area contributed by atoms with Crippen molar-refractivity contribution in [2.24, 2.45) is 0 Å². The molecule has 2 aromatic rings. The van der Waals surface area contributed by atoms with E-state index in [-0.39, 0.29) is 11.6 Å². The molecule has 0 atom stereocenters. The van der Waals surface area contributed by atoms with Gasteiger partial charge in [0.25, 0.3) is 0 Å². The van der Waals surface area contributed by atoms with Crippen LogP contribution in [0, 0.1) is 5.82 Å². The van der Waals surface area contributed by atoms with Crippen molar-refractivity contribution >= 4 is 16.5 Å². The highest BCUT2D eigenvalue weighted by molar-refractivity contribution is 7.15. The molecule has 19 heavy (non-hydrogen) atoms. The maximum atomic E-state index is 13.5. The summed E-state index contributed by atoms with van der Waals surface area (Å²) >= 11 is 1.47. The second kappa shape index (κ2) is 6.49. The number of hydrogen-bond donors (Lipinski definition) is 2. The highest BCUT2D eigenvalue weighted by Gasteiger charge is 2.03. The Labute approximate surface area is 115 Å². The number of halogens is 1. The highest BCUT2D eigenvalue weighted by Crippen LogP contribution is 2.18. The summed E-state index contributed by atoms with van der Waals surface area (Å²) in [7, 11) is 1.46. The zero-order valence-corrected chi connectivity index (χ0v) is 11.5. The van der Waals surface area contributed by atoms with Gasteiger partial charge in [0.05, 0.1) is 7.11 Å². The SMILES string of the molecule is COc1ccc(CCNCc2cnc(N)s2)cc1F. The first-order valence-corrected chi connectivity index (χ1v) is 6.74. The molecule has 0 unspecified atom stereocenters. The van der Waals surface area contributed by atoms with Crippen LogP contribution in [0.1, 0.15) is 10.4 Å². The van der Waals surface area contributed by atoms with Gasteiger partial charge >= 0.3 is 0 Å². The zero-order chi connectivity index (χ0) is 13.7. The second-order valence-electron chi connectivity index (χ2n) is 4.06. The topological polar surface area (TPSA) is 60.2 Å². The van der Waals surface area contributed by atoms with Gasteiger partial charge in [-0.3, -0.25) is 0 Å². The minimum atomic E-state index is -0.324. The molecular formula is C13H16FN3OS. The number of hydrogen-bond acceptors (Lipinski definition) is 5. The first-order chi connectivity index (χ1) is 9.19. The molecule has 0 fully saturated rings. The van der Waals surface area contributed by atoms with Crippen molar-refractivity contribution in [1.29, 1.82) is 0 Å².